The van der Waals surface area contributed by atoms with Gasteiger partial charge in [-0.3, -0.25) is 4.99 Å². The lowest BCUT2D eigenvalue weighted by atomic mass is 10.1. The molecule has 2 rings (SSSR count). The Morgan fingerprint density at radius 3 is 2.25 bits per heavy atom. The molecule has 2 aromatic carbocycles. The van der Waals surface area contributed by atoms with Gasteiger partial charge in [-0.2, -0.15) is 0 Å². The number of rotatable bonds is 5. The molecule has 0 unspecified atom stereocenters. The lowest BCUT2D eigenvalue weighted by Crippen LogP contribution is -2.36. The molecule has 0 heterocycles. The summed E-state index contributed by atoms with van der Waals surface area (Å²) in [4.78, 5) is 4.14. The van der Waals surface area contributed by atoms with E-state index in [-0.39, 0.29) is 36.1 Å². The van der Waals surface area contributed by atoms with E-state index < -0.39 is 5.82 Å². The van der Waals surface area contributed by atoms with Crippen molar-refractivity contribution in [2.24, 2.45) is 4.99 Å². The summed E-state index contributed by atoms with van der Waals surface area (Å²) in [5, 5.41) is 16.1. The Kier molecular flexibility index (Phi) is 9.02. The summed E-state index contributed by atoms with van der Waals surface area (Å²) in [6.07, 6.45) is 0. The highest BCUT2D eigenvalue weighted by Gasteiger charge is 2.04. The summed E-state index contributed by atoms with van der Waals surface area (Å²) in [5.41, 5.74) is 2.24. The molecule has 0 aromatic heterocycles. The maximum absolute atomic E-state index is 13.3. The quantitative estimate of drug-likeness (QED) is 0.362. The zero-order chi connectivity index (χ0) is 16.7. The summed E-state index contributed by atoms with van der Waals surface area (Å²) in [7, 11) is 1.68. The zero-order valence-electron chi connectivity index (χ0n) is 13.2. The topological polar surface area (TPSA) is 56.7 Å². The van der Waals surface area contributed by atoms with Gasteiger partial charge in [0.15, 0.2) is 5.96 Å². The summed E-state index contributed by atoms with van der Waals surface area (Å²) < 4.78 is 13.3. The number of aliphatic hydroxyl groups excluding tert-OH is 1. The summed E-state index contributed by atoms with van der Waals surface area (Å²) >= 11 is 5.85. The Balaban J connectivity index is 0.00000288. The normalized spacial score (nSPS) is 10.9. The highest BCUT2D eigenvalue weighted by atomic mass is 127. The molecule has 0 radical (unpaired) electrons. The van der Waals surface area contributed by atoms with Crippen molar-refractivity contribution in [1.29, 1.82) is 0 Å². The fourth-order valence-corrected chi connectivity index (χ4v) is 2.18. The van der Waals surface area contributed by atoms with Gasteiger partial charge in [0.1, 0.15) is 5.82 Å². The molecule has 0 bridgehead atoms. The van der Waals surface area contributed by atoms with Crippen LogP contribution in [0.15, 0.2) is 47.5 Å². The highest BCUT2D eigenvalue weighted by molar-refractivity contribution is 14.0. The molecule has 0 spiro atoms. The Hall–Kier alpha value is -1.38. The highest BCUT2D eigenvalue weighted by Crippen LogP contribution is 2.11. The van der Waals surface area contributed by atoms with Gasteiger partial charge in [0.25, 0.3) is 0 Å². The Morgan fingerprint density at radius 2 is 1.67 bits per heavy atom. The fraction of sp³-hybridized carbons (Fsp3) is 0.235. The lowest BCUT2D eigenvalue weighted by Gasteiger charge is -2.12. The SMILES string of the molecule is CN=C(NCc1ccc(Cl)cc1)NCc1ccc(F)c(CO)c1.I. The molecule has 0 saturated carbocycles. The molecule has 3 N–H and O–H groups in total. The molecule has 2 aromatic rings. The van der Waals surface area contributed by atoms with Gasteiger partial charge < -0.3 is 15.7 Å². The van der Waals surface area contributed by atoms with E-state index in [0.29, 0.717) is 24.1 Å². The second-order valence-electron chi connectivity index (χ2n) is 4.99. The molecule has 4 nitrogen and oxygen atoms in total. The molecule has 0 atom stereocenters. The van der Waals surface area contributed by atoms with Crippen LogP contribution in [0.2, 0.25) is 5.02 Å². The van der Waals surface area contributed by atoms with Gasteiger partial charge >= 0.3 is 0 Å². The molecule has 0 saturated heterocycles. The molecule has 0 aliphatic heterocycles. The van der Waals surface area contributed by atoms with E-state index in [0.717, 1.165) is 11.1 Å². The predicted molar refractivity (Wildman–Crippen MR) is 106 cm³/mol. The first-order valence-corrected chi connectivity index (χ1v) is 7.57. The van der Waals surface area contributed by atoms with Gasteiger partial charge in [0.2, 0.25) is 0 Å². The van der Waals surface area contributed by atoms with Crippen LogP contribution in [0.4, 0.5) is 4.39 Å². The van der Waals surface area contributed by atoms with E-state index in [9.17, 15) is 4.39 Å². The van der Waals surface area contributed by atoms with Crippen LogP contribution < -0.4 is 10.6 Å². The summed E-state index contributed by atoms with van der Waals surface area (Å²) in [5.74, 6) is 0.233. The van der Waals surface area contributed by atoms with Crippen LogP contribution in [0.5, 0.6) is 0 Å². The first-order chi connectivity index (χ1) is 11.1. The van der Waals surface area contributed by atoms with Crippen molar-refractivity contribution in [2.45, 2.75) is 19.7 Å². The number of nitrogens with one attached hydrogen (secondary N) is 2. The minimum absolute atomic E-state index is 0. The van der Waals surface area contributed by atoms with Crippen molar-refractivity contribution >= 4 is 41.5 Å². The van der Waals surface area contributed by atoms with Crippen LogP contribution in [0, 0.1) is 5.82 Å². The summed E-state index contributed by atoms with van der Waals surface area (Å²) in [6, 6.07) is 12.2. The Labute approximate surface area is 163 Å². The van der Waals surface area contributed by atoms with Crippen LogP contribution in [0.3, 0.4) is 0 Å². The van der Waals surface area contributed by atoms with Crippen molar-refractivity contribution in [3.8, 4) is 0 Å². The molecule has 0 fully saturated rings. The lowest BCUT2D eigenvalue weighted by molar-refractivity contribution is 0.275. The van der Waals surface area contributed by atoms with E-state index in [1.165, 1.54) is 6.07 Å². The number of hydrogen-bond acceptors (Lipinski definition) is 2. The third kappa shape index (κ3) is 6.26. The predicted octanol–water partition coefficient (Wildman–Crippen LogP) is 3.45. The third-order valence-corrected chi connectivity index (χ3v) is 3.59. The van der Waals surface area contributed by atoms with Crippen molar-refractivity contribution in [3.63, 3.8) is 0 Å². The molecule has 7 heteroatoms. The van der Waals surface area contributed by atoms with E-state index in [2.05, 4.69) is 15.6 Å². The number of aliphatic hydroxyl groups is 1. The minimum atomic E-state index is -0.401. The maximum Gasteiger partial charge on any atom is 0.191 e. The van der Waals surface area contributed by atoms with Gasteiger partial charge in [-0.15, -0.1) is 24.0 Å². The van der Waals surface area contributed by atoms with Crippen LogP contribution in [0.25, 0.3) is 0 Å². The maximum atomic E-state index is 13.3. The fourth-order valence-electron chi connectivity index (χ4n) is 2.05. The number of guanidine groups is 1. The number of nitrogens with zero attached hydrogens (tertiary/aromatic N) is 1. The molecule has 24 heavy (non-hydrogen) atoms. The average Bonchev–Trinajstić information content (AvgIpc) is 2.57. The monoisotopic (exact) mass is 463 g/mol. The molecule has 130 valence electrons. The standard InChI is InChI=1S/C17H19ClFN3O.HI/c1-20-17(21-9-12-2-5-15(18)6-3-12)22-10-13-4-7-16(19)14(8-13)11-23;/h2-8,23H,9-11H2,1H3,(H2,20,21,22);1H. The first kappa shape index (κ1) is 20.7. The van der Waals surface area contributed by atoms with Gasteiger partial charge in [-0.05, 0) is 35.4 Å². The molecular formula is C17H20ClFIN3O. The number of hydrogen-bond donors (Lipinski definition) is 3. The van der Waals surface area contributed by atoms with E-state index in [1.807, 2.05) is 24.3 Å². The van der Waals surface area contributed by atoms with Crippen LogP contribution in [-0.2, 0) is 19.7 Å². The number of aliphatic imine (C=N–C) groups is 1. The molecule has 0 aliphatic carbocycles. The van der Waals surface area contributed by atoms with Gasteiger partial charge in [0.05, 0.1) is 6.61 Å². The van der Waals surface area contributed by atoms with Gasteiger partial charge in [-0.1, -0.05) is 29.8 Å². The molecule has 0 amide bonds. The van der Waals surface area contributed by atoms with E-state index in [4.69, 9.17) is 16.7 Å². The van der Waals surface area contributed by atoms with Crippen LogP contribution in [0.1, 0.15) is 16.7 Å². The van der Waals surface area contributed by atoms with Crippen LogP contribution in [-0.4, -0.2) is 18.1 Å². The van der Waals surface area contributed by atoms with Crippen molar-refractivity contribution in [2.75, 3.05) is 7.05 Å². The third-order valence-electron chi connectivity index (χ3n) is 3.34. The van der Waals surface area contributed by atoms with Crippen molar-refractivity contribution in [1.82, 2.24) is 10.6 Å². The zero-order valence-corrected chi connectivity index (χ0v) is 16.3. The summed E-state index contributed by atoms with van der Waals surface area (Å²) in [6.45, 7) is 0.777. The number of benzene rings is 2. The minimum Gasteiger partial charge on any atom is -0.392 e. The average molecular weight is 464 g/mol. The van der Waals surface area contributed by atoms with Crippen molar-refractivity contribution < 1.29 is 9.50 Å². The van der Waals surface area contributed by atoms with Crippen molar-refractivity contribution in [3.05, 3.63) is 70.0 Å². The molecule has 0 aliphatic rings. The van der Waals surface area contributed by atoms with Crippen LogP contribution >= 0.6 is 35.6 Å². The van der Waals surface area contributed by atoms with E-state index >= 15 is 0 Å². The largest absolute Gasteiger partial charge is 0.392 e. The number of halogens is 3. The first-order valence-electron chi connectivity index (χ1n) is 7.19. The Morgan fingerprint density at radius 1 is 1.08 bits per heavy atom. The smallest absolute Gasteiger partial charge is 0.191 e. The van der Waals surface area contributed by atoms with Gasteiger partial charge in [-0.25, -0.2) is 4.39 Å². The molecular weight excluding hydrogens is 444 g/mol. The van der Waals surface area contributed by atoms with E-state index in [1.54, 1.807) is 19.2 Å². The second kappa shape index (κ2) is 10.5. The second-order valence-corrected chi connectivity index (χ2v) is 5.43. The Bertz CT molecular complexity index is 680. The van der Waals surface area contributed by atoms with Gasteiger partial charge in [0, 0.05) is 30.7 Å².